The van der Waals surface area contributed by atoms with Crippen molar-refractivity contribution in [2.45, 2.75) is 39.3 Å². The molecule has 0 aromatic carbocycles. The van der Waals surface area contributed by atoms with Gasteiger partial charge in [0.2, 0.25) is 11.7 Å². The minimum atomic E-state index is -0.133. The van der Waals surface area contributed by atoms with Crippen molar-refractivity contribution >= 4 is 0 Å². The molecule has 0 saturated heterocycles. The fourth-order valence-corrected chi connectivity index (χ4v) is 1.71. The lowest BCUT2D eigenvalue weighted by molar-refractivity contribution is 0.0217. The molecule has 1 rings (SSSR count). The molecule has 0 aliphatic heterocycles. The van der Waals surface area contributed by atoms with Gasteiger partial charge in [0, 0.05) is 26.2 Å². The average molecular weight is 257 g/mol. The SMILES string of the molecule is CCOC(c1noc(CC(N)COC)n1)C(C)C. The highest BCUT2D eigenvalue weighted by molar-refractivity contribution is 4.94. The maximum atomic E-state index is 5.84. The zero-order valence-electron chi connectivity index (χ0n) is 11.5. The third kappa shape index (κ3) is 4.36. The van der Waals surface area contributed by atoms with Gasteiger partial charge in [-0.3, -0.25) is 0 Å². The van der Waals surface area contributed by atoms with Crippen molar-refractivity contribution in [3.8, 4) is 0 Å². The molecule has 0 radical (unpaired) electrons. The van der Waals surface area contributed by atoms with Crippen molar-refractivity contribution in [1.29, 1.82) is 0 Å². The fraction of sp³-hybridized carbons (Fsp3) is 0.833. The topological polar surface area (TPSA) is 83.4 Å². The van der Waals surface area contributed by atoms with Gasteiger partial charge in [0.25, 0.3) is 0 Å². The van der Waals surface area contributed by atoms with Gasteiger partial charge in [-0.05, 0) is 12.8 Å². The van der Waals surface area contributed by atoms with Crippen LogP contribution < -0.4 is 5.73 Å². The molecule has 6 nitrogen and oxygen atoms in total. The van der Waals surface area contributed by atoms with E-state index in [1.807, 2.05) is 6.92 Å². The molecule has 104 valence electrons. The zero-order chi connectivity index (χ0) is 13.5. The van der Waals surface area contributed by atoms with Crippen LogP contribution in [-0.4, -0.2) is 36.5 Å². The maximum Gasteiger partial charge on any atom is 0.228 e. The van der Waals surface area contributed by atoms with Crippen molar-refractivity contribution in [2.75, 3.05) is 20.3 Å². The number of rotatable bonds is 8. The summed E-state index contributed by atoms with van der Waals surface area (Å²) in [5.74, 6) is 1.41. The monoisotopic (exact) mass is 257 g/mol. The van der Waals surface area contributed by atoms with Crippen LogP contribution in [0.4, 0.5) is 0 Å². The van der Waals surface area contributed by atoms with Crippen molar-refractivity contribution in [2.24, 2.45) is 11.7 Å². The Hall–Kier alpha value is -0.980. The van der Waals surface area contributed by atoms with Crippen LogP contribution in [0.5, 0.6) is 0 Å². The number of methoxy groups -OCH3 is 1. The summed E-state index contributed by atoms with van der Waals surface area (Å²) in [4.78, 5) is 4.33. The minimum Gasteiger partial charge on any atom is -0.383 e. The average Bonchev–Trinajstić information content (AvgIpc) is 2.73. The number of ether oxygens (including phenoxy) is 2. The molecule has 0 amide bonds. The van der Waals surface area contributed by atoms with Crippen molar-refractivity contribution in [1.82, 2.24) is 10.1 Å². The lowest BCUT2D eigenvalue weighted by Crippen LogP contribution is -2.28. The summed E-state index contributed by atoms with van der Waals surface area (Å²) in [7, 11) is 1.61. The molecule has 18 heavy (non-hydrogen) atoms. The smallest absolute Gasteiger partial charge is 0.228 e. The van der Waals surface area contributed by atoms with Crippen LogP contribution in [0.3, 0.4) is 0 Å². The Kier molecular flexibility index (Phi) is 6.24. The first-order chi connectivity index (χ1) is 8.58. The summed E-state index contributed by atoms with van der Waals surface area (Å²) in [6.45, 7) is 7.16. The van der Waals surface area contributed by atoms with E-state index in [-0.39, 0.29) is 12.1 Å². The lowest BCUT2D eigenvalue weighted by Gasteiger charge is -2.16. The molecular weight excluding hydrogens is 234 g/mol. The fourth-order valence-electron chi connectivity index (χ4n) is 1.71. The van der Waals surface area contributed by atoms with Crippen molar-refractivity contribution in [3.05, 3.63) is 11.7 Å². The van der Waals surface area contributed by atoms with Gasteiger partial charge in [-0.2, -0.15) is 4.98 Å². The standard InChI is InChI=1S/C12H23N3O3/c1-5-17-11(8(2)3)12-14-10(18-15-12)6-9(13)7-16-4/h8-9,11H,5-7,13H2,1-4H3. The largest absolute Gasteiger partial charge is 0.383 e. The van der Waals surface area contributed by atoms with Crippen LogP contribution in [0.15, 0.2) is 4.52 Å². The Bertz CT molecular complexity index is 341. The van der Waals surface area contributed by atoms with Gasteiger partial charge < -0.3 is 19.7 Å². The quantitative estimate of drug-likeness (QED) is 0.756. The molecule has 0 aliphatic carbocycles. The molecule has 1 aromatic rings. The van der Waals surface area contributed by atoms with Gasteiger partial charge in [-0.1, -0.05) is 19.0 Å². The second-order valence-electron chi connectivity index (χ2n) is 4.59. The Morgan fingerprint density at radius 2 is 2.11 bits per heavy atom. The van der Waals surface area contributed by atoms with E-state index < -0.39 is 0 Å². The Morgan fingerprint density at radius 3 is 2.67 bits per heavy atom. The lowest BCUT2D eigenvalue weighted by atomic mass is 10.1. The molecule has 2 unspecified atom stereocenters. The predicted molar refractivity (Wildman–Crippen MR) is 67.1 cm³/mol. The minimum absolute atomic E-state index is 0.132. The first-order valence-corrected chi connectivity index (χ1v) is 6.27. The molecule has 2 N–H and O–H groups in total. The van der Waals surface area contributed by atoms with Crippen molar-refractivity contribution < 1.29 is 14.0 Å². The van der Waals surface area contributed by atoms with E-state index in [1.165, 1.54) is 0 Å². The number of nitrogens with two attached hydrogens (primary N) is 1. The van der Waals surface area contributed by atoms with Crippen LogP contribution in [0.25, 0.3) is 0 Å². The second kappa shape index (κ2) is 7.45. The second-order valence-corrected chi connectivity index (χ2v) is 4.59. The van der Waals surface area contributed by atoms with E-state index in [0.29, 0.717) is 37.3 Å². The zero-order valence-corrected chi connectivity index (χ0v) is 11.5. The van der Waals surface area contributed by atoms with Gasteiger partial charge in [-0.15, -0.1) is 0 Å². The highest BCUT2D eigenvalue weighted by Gasteiger charge is 2.22. The van der Waals surface area contributed by atoms with Crippen LogP contribution in [0, 0.1) is 5.92 Å². The van der Waals surface area contributed by atoms with E-state index in [0.717, 1.165) is 0 Å². The number of aromatic nitrogens is 2. The molecule has 0 aliphatic rings. The van der Waals surface area contributed by atoms with Crippen LogP contribution in [-0.2, 0) is 15.9 Å². The predicted octanol–water partition coefficient (Wildman–Crippen LogP) is 1.32. The number of hydrogen-bond donors (Lipinski definition) is 1. The first kappa shape index (κ1) is 15.1. The number of nitrogens with zero attached hydrogens (tertiary/aromatic N) is 2. The van der Waals surface area contributed by atoms with E-state index in [2.05, 4.69) is 24.0 Å². The normalized spacial score (nSPS) is 15.0. The third-order valence-electron chi connectivity index (χ3n) is 2.51. The number of hydrogen-bond acceptors (Lipinski definition) is 6. The van der Waals surface area contributed by atoms with Gasteiger partial charge in [0.05, 0.1) is 6.61 Å². The summed E-state index contributed by atoms with van der Waals surface area (Å²) >= 11 is 0. The molecule has 2 atom stereocenters. The van der Waals surface area contributed by atoms with Gasteiger partial charge in [0.15, 0.2) is 0 Å². The summed E-state index contributed by atoms with van der Waals surface area (Å²) in [5.41, 5.74) is 5.84. The Labute approximate surface area is 108 Å². The Balaban J connectivity index is 2.65. The highest BCUT2D eigenvalue weighted by atomic mass is 16.5. The van der Waals surface area contributed by atoms with E-state index in [1.54, 1.807) is 7.11 Å². The first-order valence-electron chi connectivity index (χ1n) is 6.27. The molecule has 1 aromatic heterocycles. The molecule has 1 heterocycles. The third-order valence-corrected chi connectivity index (χ3v) is 2.51. The summed E-state index contributed by atoms with van der Waals surface area (Å²) in [6, 6.07) is -0.132. The highest BCUT2D eigenvalue weighted by Crippen LogP contribution is 2.23. The Morgan fingerprint density at radius 1 is 1.39 bits per heavy atom. The molecule has 0 saturated carbocycles. The molecule has 6 heteroatoms. The maximum absolute atomic E-state index is 5.84. The van der Waals surface area contributed by atoms with Crippen LogP contribution >= 0.6 is 0 Å². The van der Waals surface area contributed by atoms with E-state index >= 15 is 0 Å². The molecule has 0 fully saturated rings. The van der Waals surface area contributed by atoms with E-state index in [9.17, 15) is 0 Å². The van der Waals surface area contributed by atoms with Crippen LogP contribution in [0.1, 0.15) is 38.6 Å². The van der Waals surface area contributed by atoms with E-state index in [4.69, 9.17) is 19.7 Å². The van der Waals surface area contributed by atoms with Gasteiger partial charge >= 0.3 is 0 Å². The summed E-state index contributed by atoms with van der Waals surface area (Å²) in [5, 5.41) is 3.96. The molecular formula is C12H23N3O3. The van der Waals surface area contributed by atoms with Gasteiger partial charge in [0.1, 0.15) is 6.10 Å². The summed E-state index contributed by atoms with van der Waals surface area (Å²) < 4.78 is 15.8. The van der Waals surface area contributed by atoms with Crippen LogP contribution in [0.2, 0.25) is 0 Å². The summed E-state index contributed by atoms with van der Waals surface area (Å²) in [6.07, 6.45) is 0.378. The molecule has 0 bridgehead atoms. The molecule has 0 spiro atoms. The van der Waals surface area contributed by atoms with Gasteiger partial charge in [-0.25, -0.2) is 0 Å². The van der Waals surface area contributed by atoms with Crippen molar-refractivity contribution in [3.63, 3.8) is 0 Å².